The zero-order valence-electron chi connectivity index (χ0n) is 20.3. The number of nitrogens with one attached hydrogen (secondary N) is 2. The Kier molecular flexibility index (Phi) is 7.86. The standard InChI is InChI=1S/C25H26F4N6O2/c1-15-21(32-16(2)36)4-3-5-22(15)33-23-30-14-31-24(34-23)35-10-8-19(9-11-35)37-13-17-12-18(25(27,28)29)6-7-20(17)26/h3-7,12,14,19H,8-11,13H2,1-2H3,(H,32,36)(H,30,31,33,34). The summed E-state index contributed by atoms with van der Waals surface area (Å²) in [5.74, 6) is -0.0921. The molecule has 0 aliphatic carbocycles. The summed E-state index contributed by atoms with van der Waals surface area (Å²) < 4.78 is 58.5. The minimum atomic E-state index is -4.54. The number of aromatic nitrogens is 3. The number of halogens is 4. The molecule has 1 amide bonds. The first-order valence-electron chi connectivity index (χ1n) is 11.7. The minimum Gasteiger partial charge on any atom is -0.373 e. The van der Waals surface area contributed by atoms with Gasteiger partial charge in [-0.15, -0.1) is 0 Å². The Bertz CT molecular complexity index is 1260. The number of carbonyl (C=O) groups excluding carboxylic acids is 1. The average Bonchev–Trinajstić information content (AvgIpc) is 2.85. The van der Waals surface area contributed by atoms with Gasteiger partial charge in [0.1, 0.15) is 12.1 Å². The van der Waals surface area contributed by atoms with Crippen LogP contribution in [0.5, 0.6) is 0 Å². The maximum Gasteiger partial charge on any atom is 0.416 e. The predicted molar refractivity (Wildman–Crippen MR) is 130 cm³/mol. The number of amides is 1. The predicted octanol–water partition coefficient (Wildman–Crippen LogP) is 5.23. The van der Waals surface area contributed by atoms with Crippen LogP contribution < -0.4 is 15.5 Å². The van der Waals surface area contributed by atoms with Crippen LogP contribution in [0.4, 0.5) is 40.8 Å². The highest BCUT2D eigenvalue weighted by Gasteiger charge is 2.31. The maximum absolute atomic E-state index is 14.0. The molecule has 0 unspecified atom stereocenters. The largest absolute Gasteiger partial charge is 0.416 e. The van der Waals surface area contributed by atoms with E-state index in [1.54, 1.807) is 12.1 Å². The number of benzene rings is 2. The lowest BCUT2D eigenvalue weighted by Gasteiger charge is -2.32. The molecular formula is C25H26F4N6O2. The van der Waals surface area contributed by atoms with E-state index in [1.807, 2.05) is 17.9 Å². The van der Waals surface area contributed by atoms with E-state index in [1.165, 1.54) is 13.3 Å². The second-order valence-corrected chi connectivity index (χ2v) is 8.69. The van der Waals surface area contributed by atoms with Gasteiger partial charge in [-0.25, -0.2) is 14.4 Å². The lowest BCUT2D eigenvalue weighted by molar-refractivity contribution is -0.137. The fourth-order valence-electron chi connectivity index (χ4n) is 4.01. The van der Waals surface area contributed by atoms with E-state index < -0.39 is 17.6 Å². The number of rotatable bonds is 7. The molecule has 0 saturated carbocycles. The maximum atomic E-state index is 14.0. The van der Waals surface area contributed by atoms with Crippen LogP contribution in [0.1, 0.15) is 36.5 Å². The zero-order valence-corrected chi connectivity index (χ0v) is 20.3. The molecule has 196 valence electrons. The van der Waals surface area contributed by atoms with E-state index in [0.717, 1.165) is 29.4 Å². The van der Waals surface area contributed by atoms with E-state index >= 15 is 0 Å². The van der Waals surface area contributed by atoms with Gasteiger partial charge in [-0.05, 0) is 55.7 Å². The Balaban J connectivity index is 1.35. The van der Waals surface area contributed by atoms with Crippen molar-refractivity contribution in [2.24, 2.45) is 0 Å². The summed E-state index contributed by atoms with van der Waals surface area (Å²) >= 11 is 0. The monoisotopic (exact) mass is 518 g/mol. The van der Waals surface area contributed by atoms with Crippen molar-refractivity contribution in [2.75, 3.05) is 28.6 Å². The van der Waals surface area contributed by atoms with Crippen LogP contribution in [0.15, 0.2) is 42.7 Å². The highest BCUT2D eigenvalue weighted by atomic mass is 19.4. The van der Waals surface area contributed by atoms with Crippen LogP contribution in [-0.4, -0.2) is 40.1 Å². The number of piperidine rings is 1. The SMILES string of the molecule is CC(=O)Nc1cccc(Nc2ncnc(N3CCC(OCc4cc(C(F)(F)F)ccc4F)CC3)n2)c1C. The first kappa shape index (κ1) is 26.3. The van der Waals surface area contributed by atoms with Gasteiger partial charge < -0.3 is 20.3 Å². The molecule has 0 bridgehead atoms. The molecule has 0 radical (unpaired) electrons. The van der Waals surface area contributed by atoms with Gasteiger partial charge in [0.05, 0.1) is 18.3 Å². The Hall–Kier alpha value is -3.80. The molecule has 2 aromatic carbocycles. The molecule has 0 atom stereocenters. The Labute approximate surface area is 211 Å². The molecule has 4 rings (SSSR count). The van der Waals surface area contributed by atoms with Crippen molar-refractivity contribution in [1.82, 2.24) is 15.0 Å². The van der Waals surface area contributed by atoms with Gasteiger partial charge in [-0.2, -0.15) is 18.2 Å². The van der Waals surface area contributed by atoms with E-state index in [0.29, 0.717) is 43.5 Å². The summed E-state index contributed by atoms with van der Waals surface area (Å²) in [4.78, 5) is 26.3. The molecular weight excluding hydrogens is 492 g/mol. The summed E-state index contributed by atoms with van der Waals surface area (Å²) in [7, 11) is 0. The molecule has 12 heteroatoms. The Morgan fingerprint density at radius 3 is 2.57 bits per heavy atom. The lowest BCUT2D eigenvalue weighted by Crippen LogP contribution is -2.38. The average molecular weight is 519 g/mol. The third kappa shape index (κ3) is 6.70. The molecule has 1 fully saturated rings. The number of anilines is 4. The van der Waals surface area contributed by atoms with E-state index in [4.69, 9.17) is 4.74 Å². The highest BCUT2D eigenvalue weighted by Crippen LogP contribution is 2.31. The molecule has 2 N–H and O–H groups in total. The second kappa shape index (κ2) is 11.1. The lowest BCUT2D eigenvalue weighted by atomic mass is 10.1. The number of nitrogens with zero attached hydrogens (tertiary/aromatic N) is 4. The topological polar surface area (TPSA) is 92.3 Å². The number of alkyl halides is 3. The van der Waals surface area contributed by atoms with E-state index in [9.17, 15) is 22.4 Å². The summed E-state index contributed by atoms with van der Waals surface area (Å²) in [5, 5.41) is 5.93. The van der Waals surface area contributed by atoms with Gasteiger partial charge in [0.2, 0.25) is 17.8 Å². The Morgan fingerprint density at radius 2 is 1.86 bits per heavy atom. The van der Waals surface area contributed by atoms with Crippen LogP contribution in [-0.2, 0) is 22.3 Å². The zero-order chi connectivity index (χ0) is 26.6. The highest BCUT2D eigenvalue weighted by molar-refractivity contribution is 5.90. The number of ether oxygens (including phenoxy) is 1. The first-order chi connectivity index (χ1) is 17.6. The smallest absolute Gasteiger partial charge is 0.373 e. The number of hydrogen-bond acceptors (Lipinski definition) is 7. The van der Waals surface area contributed by atoms with Crippen molar-refractivity contribution < 1.29 is 27.1 Å². The molecule has 2 heterocycles. The normalized spacial score (nSPS) is 14.5. The van der Waals surface area contributed by atoms with Gasteiger partial charge in [0.25, 0.3) is 0 Å². The van der Waals surface area contributed by atoms with Crippen molar-refractivity contribution in [3.63, 3.8) is 0 Å². The van der Waals surface area contributed by atoms with E-state index in [2.05, 4.69) is 25.6 Å². The summed E-state index contributed by atoms with van der Waals surface area (Å²) in [6, 6.07) is 7.77. The molecule has 3 aromatic rings. The van der Waals surface area contributed by atoms with Crippen LogP contribution in [0.25, 0.3) is 0 Å². The van der Waals surface area contributed by atoms with Crippen molar-refractivity contribution >= 4 is 29.2 Å². The van der Waals surface area contributed by atoms with E-state index in [-0.39, 0.29) is 24.2 Å². The third-order valence-corrected chi connectivity index (χ3v) is 6.02. The second-order valence-electron chi connectivity index (χ2n) is 8.69. The minimum absolute atomic E-state index is 0.122. The van der Waals surface area contributed by atoms with Crippen molar-refractivity contribution in [3.8, 4) is 0 Å². The van der Waals surface area contributed by atoms with Gasteiger partial charge in [-0.1, -0.05) is 6.07 Å². The molecule has 37 heavy (non-hydrogen) atoms. The summed E-state index contributed by atoms with van der Waals surface area (Å²) in [5.41, 5.74) is 1.22. The van der Waals surface area contributed by atoms with Crippen molar-refractivity contribution in [2.45, 2.75) is 45.6 Å². The molecule has 0 spiro atoms. The molecule has 1 aromatic heterocycles. The van der Waals surface area contributed by atoms with Crippen LogP contribution >= 0.6 is 0 Å². The van der Waals surface area contributed by atoms with Crippen molar-refractivity contribution in [3.05, 3.63) is 65.2 Å². The van der Waals surface area contributed by atoms with Gasteiger partial charge >= 0.3 is 6.18 Å². The third-order valence-electron chi connectivity index (χ3n) is 6.02. The molecule has 8 nitrogen and oxygen atoms in total. The molecule has 1 aliphatic rings. The van der Waals surface area contributed by atoms with Gasteiger partial charge in [0.15, 0.2) is 0 Å². The first-order valence-corrected chi connectivity index (χ1v) is 11.7. The fourth-order valence-corrected chi connectivity index (χ4v) is 4.01. The number of carbonyl (C=O) groups is 1. The molecule has 1 aliphatic heterocycles. The summed E-state index contributed by atoms with van der Waals surface area (Å²) in [6.45, 7) is 4.17. The van der Waals surface area contributed by atoms with Crippen LogP contribution in [0.3, 0.4) is 0 Å². The molecule has 1 saturated heterocycles. The Morgan fingerprint density at radius 1 is 1.14 bits per heavy atom. The quantitative estimate of drug-likeness (QED) is 0.414. The van der Waals surface area contributed by atoms with Gasteiger partial charge in [0, 0.05) is 37.0 Å². The summed E-state index contributed by atoms with van der Waals surface area (Å²) in [6.07, 6.45) is -2.22. The van der Waals surface area contributed by atoms with Crippen LogP contribution in [0, 0.1) is 12.7 Å². The number of hydrogen-bond donors (Lipinski definition) is 2. The van der Waals surface area contributed by atoms with Gasteiger partial charge in [-0.3, -0.25) is 4.79 Å². The van der Waals surface area contributed by atoms with Crippen molar-refractivity contribution in [1.29, 1.82) is 0 Å². The van der Waals surface area contributed by atoms with Crippen LogP contribution in [0.2, 0.25) is 0 Å². The fraction of sp³-hybridized carbons (Fsp3) is 0.360.